The van der Waals surface area contributed by atoms with Gasteiger partial charge in [0.25, 0.3) is 0 Å². The highest BCUT2D eigenvalue weighted by Gasteiger charge is 2.30. The molecule has 1 aromatic heterocycles. The molecular weight excluding hydrogens is 204 g/mol. The van der Waals surface area contributed by atoms with Crippen molar-refractivity contribution in [1.82, 2.24) is 9.88 Å². The quantitative estimate of drug-likeness (QED) is 0.762. The summed E-state index contributed by atoms with van der Waals surface area (Å²) in [6.07, 6.45) is 0. The number of hydrogen-bond donors (Lipinski definition) is 1. The minimum absolute atomic E-state index is 0.219. The Morgan fingerprint density at radius 2 is 2.00 bits per heavy atom. The molecule has 4 nitrogen and oxygen atoms in total. The molecule has 1 aliphatic heterocycles. The molecule has 0 spiro atoms. The van der Waals surface area contributed by atoms with Crippen LogP contribution in [-0.2, 0) is 11.8 Å². The molecule has 1 N–H and O–H groups in total. The molecule has 16 heavy (non-hydrogen) atoms. The maximum atomic E-state index is 11.8. The van der Waals surface area contributed by atoms with Crippen molar-refractivity contribution in [2.45, 2.75) is 19.8 Å². The standard InChI is InChI=1S/C12H18N2O2/c1-7-10(9-5-13-6-9)11(12(15)16-4)8(2)14(7)3/h9,13H,5-6H2,1-4H3. The van der Waals surface area contributed by atoms with Crippen molar-refractivity contribution in [3.8, 4) is 0 Å². The Balaban J connectivity index is 2.55. The average molecular weight is 222 g/mol. The van der Waals surface area contributed by atoms with Crippen molar-refractivity contribution in [2.24, 2.45) is 7.05 Å². The summed E-state index contributed by atoms with van der Waals surface area (Å²) in [6, 6.07) is 0. The number of methoxy groups -OCH3 is 1. The van der Waals surface area contributed by atoms with Crippen LogP contribution in [0.1, 0.15) is 33.2 Å². The van der Waals surface area contributed by atoms with E-state index < -0.39 is 0 Å². The topological polar surface area (TPSA) is 43.3 Å². The molecule has 1 aromatic rings. The van der Waals surface area contributed by atoms with E-state index in [2.05, 4.69) is 16.8 Å². The first kappa shape index (κ1) is 11.2. The van der Waals surface area contributed by atoms with Gasteiger partial charge in [0.2, 0.25) is 0 Å². The number of carbonyl (C=O) groups is 1. The molecule has 0 aliphatic carbocycles. The maximum Gasteiger partial charge on any atom is 0.339 e. The molecule has 1 saturated heterocycles. The molecule has 1 fully saturated rings. The van der Waals surface area contributed by atoms with Gasteiger partial charge in [-0.2, -0.15) is 0 Å². The lowest BCUT2D eigenvalue weighted by Gasteiger charge is -2.28. The number of rotatable bonds is 2. The molecular formula is C12H18N2O2. The van der Waals surface area contributed by atoms with E-state index >= 15 is 0 Å². The Morgan fingerprint density at radius 1 is 1.38 bits per heavy atom. The van der Waals surface area contributed by atoms with E-state index in [9.17, 15) is 4.79 Å². The maximum absolute atomic E-state index is 11.8. The van der Waals surface area contributed by atoms with Crippen molar-refractivity contribution < 1.29 is 9.53 Å². The van der Waals surface area contributed by atoms with Gasteiger partial charge in [0.05, 0.1) is 12.7 Å². The van der Waals surface area contributed by atoms with E-state index in [4.69, 9.17) is 4.74 Å². The van der Waals surface area contributed by atoms with Gasteiger partial charge in [-0.1, -0.05) is 0 Å². The lowest BCUT2D eigenvalue weighted by Crippen LogP contribution is -2.40. The fraction of sp³-hybridized carbons (Fsp3) is 0.583. The highest BCUT2D eigenvalue weighted by molar-refractivity contribution is 5.93. The molecule has 88 valence electrons. The minimum atomic E-state index is -0.219. The number of esters is 1. The van der Waals surface area contributed by atoms with Gasteiger partial charge in [-0.15, -0.1) is 0 Å². The van der Waals surface area contributed by atoms with Gasteiger partial charge < -0.3 is 14.6 Å². The molecule has 0 saturated carbocycles. The predicted molar refractivity (Wildman–Crippen MR) is 61.8 cm³/mol. The van der Waals surface area contributed by atoms with E-state index in [0.29, 0.717) is 5.92 Å². The van der Waals surface area contributed by atoms with Crippen LogP contribution >= 0.6 is 0 Å². The molecule has 1 aliphatic rings. The number of ether oxygens (including phenoxy) is 1. The van der Waals surface area contributed by atoms with Crippen LogP contribution in [-0.4, -0.2) is 30.7 Å². The fourth-order valence-corrected chi connectivity index (χ4v) is 2.33. The van der Waals surface area contributed by atoms with E-state index in [0.717, 1.165) is 29.9 Å². The smallest absolute Gasteiger partial charge is 0.339 e. The zero-order valence-corrected chi connectivity index (χ0v) is 10.3. The first-order valence-electron chi connectivity index (χ1n) is 5.52. The summed E-state index contributed by atoms with van der Waals surface area (Å²) in [5.74, 6) is 0.233. The van der Waals surface area contributed by atoms with Crippen molar-refractivity contribution >= 4 is 5.97 Å². The van der Waals surface area contributed by atoms with Crippen molar-refractivity contribution in [3.63, 3.8) is 0 Å². The molecule has 2 rings (SSSR count). The van der Waals surface area contributed by atoms with E-state index in [-0.39, 0.29) is 5.97 Å². The second kappa shape index (κ2) is 3.94. The molecule has 0 atom stereocenters. The zero-order chi connectivity index (χ0) is 11.9. The number of nitrogens with one attached hydrogen (secondary N) is 1. The summed E-state index contributed by atoms with van der Waals surface area (Å²) in [7, 11) is 3.43. The average Bonchev–Trinajstić information content (AvgIpc) is 2.41. The van der Waals surface area contributed by atoms with Gasteiger partial charge in [-0.25, -0.2) is 4.79 Å². The van der Waals surface area contributed by atoms with Gasteiger partial charge in [0.15, 0.2) is 0 Å². The fourth-order valence-electron chi connectivity index (χ4n) is 2.33. The Hall–Kier alpha value is -1.29. The van der Waals surface area contributed by atoms with Crippen molar-refractivity contribution in [2.75, 3.05) is 20.2 Å². The molecule has 0 unspecified atom stereocenters. The second-order valence-corrected chi connectivity index (χ2v) is 4.37. The predicted octanol–water partition coefficient (Wildman–Crippen LogP) is 1.12. The van der Waals surface area contributed by atoms with Crippen LogP contribution in [0.15, 0.2) is 0 Å². The second-order valence-electron chi connectivity index (χ2n) is 4.37. The molecule has 0 amide bonds. The molecule has 0 radical (unpaired) electrons. The minimum Gasteiger partial charge on any atom is -0.465 e. The molecule has 0 bridgehead atoms. The molecule has 4 heteroatoms. The van der Waals surface area contributed by atoms with Crippen molar-refractivity contribution in [1.29, 1.82) is 0 Å². The molecule has 2 heterocycles. The Kier molecular flexibility index (Phi) is 2.76. The third kappa shape index (κ3) is 1.45. The van der Waals surface area contributed by atoms with Crippen LogP contribution in [0.25, 0.3) is 0 Å². The highest BCUT2D eigenvalue weighted by atomic mass is 16.5. The van der Waals surface area contributed by atoms with Crippen LogP contribution in [0.5, 0.6) is 0 Å². The normalized spacial score (nSPS) is 16.0. The summed E-state index contributed by atoms with van der Waals surface area (Å²) in [5.41, 5.74) is 4.08. The Morgan fingerprint density at radius 3 is 2.44 bits per heavy atom. The van der Waals surface area contributed by atoms with Crippen LogP contribution in [0, 0.1) is 13.8 Å². The highest BCUT2D eigenvalue weighted by Crippen LogP contribution is 2.31. The van der Waals surface area contributed by atoms with Gasteiger partial charge in [-0.3, -0.25) is 0 Å². The SMILES string of the molecule is COC(=O)c1c(C2CNC2)c(C)n(C)c1C. The number of hydrogen-bond acceptors (Lipinski definition) is 3. The number of aromatic nitrogens is 1. The van der Waals surface area contributed by atoms with E-state index in [1.807, 2.05) is 14.0 Å². The van der Waals surface area contributed by atoms with Crippen LogP contribution in [0.2, 0.25) is 0 Å². The van der Waals surface area contributed by atoms with Gasteiger partial charge >= 0.3 is 5.97 Å². The Bertz CT molecular complexity index is 431. The summed E-state index contributed by atoms with van der Waals surface area (Å²) >= 11 is 0. The van der Waals surface area contributed by atoms with Gasteiger partial charge in [-0.05, 0) is 19.4 Å². The Labute approximate surface area is 95.6 Å². The summed E-state index contributed by atoms with van der Waals surface area (Å²) in [6.45, 7) is 5.94. The lowest BCUT2D eigenvalue weighted by atomic mass is 9.90. The van der Waals surface area contributed by atoms with Crippen LogP contribution in [0.3, 0.4) is 0 Å². The van der Waals surface area contributed by atoms with E-state index in [1.54, 1.807) is 0 Å². The van der Waals surface area contributed by atoms with Crippen molar-refractivity contribution in [3.05, 3.63) is 22.5 Å². The molecule has 0 aromatic carbocycles. The number of carbonyl (C=O) groups excluding carboxylic acids is 1. The lowest BCUT2D eigenvalue weighted by molar-refractivity contribution is 0.0597. The van der Waals surface area contributed by atoms with Crippen LogP contribution in [0.4, 0.5) is 0 Å². The monoisotopic (exact) mass is 222 g/mol. The van der Waals surface area contributed by atoms with E-state index in [1.165, 1.54) is 12.8 Å². The third-order valence-corrected chi connectivity index (χ3v) is 3.61. The zero-order valence-electron chi connectivity index (χ0n) is 10.3. The largest absolute Gasteiger partial charge is 0.465 e. The first-order chi connectivity index (χ1) is 7.57. The van der Waals surface area contributed by atoms with Crippen LogP contribution < -0.4 is 5.32 Å². The summed E-state index contributed by atoms with van der Waals surface area (Å²) in [5, 5.41) is 3.24. The van der Waals surface area contributed by atoms with Gasteiger partial charge in [0, 0.05) is 37.4 Å². The number of nitrogens with zero attached hydrogens (tertiary/aromatic N) is 1. The summed E-state index contributed by atoms with van der Waals surface area (Å²) < 4.78 is 6.94. The first-order valence-corrected chi connectivity index (χ1v) is 5.52. The summed E-state index contributed by atoms with van der Waals surface area (Å²) in [4.78, 5) is 11.8. The van der Waals surface area contributed by atoms with Gasteiger partial charge in [0.1, 0.15) is 0 Å². The third-order valence-electron chi connectivity index (χ3n) is 3.61.